The zero-order valence-electron chi connectivity index (χ0n) is 13.0. The molecule has 2 fully saturated rings. The quantitative estimate of drug-likeness (QED) is 0.845. The number of sulfonamides is 1. The minimum atomic E-state index is -3.49. The smallest absolute Gasteiger partial charge is 0.322 e. The lowest BCUT2D eigenvalue weighted by molar-refractivity contribution is -0.144. The van der Waals surface area contributed by atoms with Crippen molar-refractivity contribution in [3.63, 3.8) is 0 Å². The van der Waals surface area contributed by atoms with Crippen LogP contribution < -0.4 is 0 Å². The molecule has 2 rings (SSSR count). The molecule has 0 amide bonds. The second-order valence-electron chi connectivity index (χ2n) is 6.87. The van der Waals surface area contributed by atoms with Crippen molar-refractivity contribution in [2.75, 3.05) is 5.75 Å². The highest BCUT2D eigenvalue weighted by atomic mass is 32.2. The molecule has 2 aliphatic rings. The summed E-state index contributed by atoms with van der Waals surface area (Å²) in [6.45, 7) is 3.98. The van der Waals surface area contributed by atoms with Gasteiger partial charge in [0.2, 0.25) is 10.0 Å². The van der Waals surface area contributed by atoms with Crippen LogP contribution in [0.3, 0.4) is 0 Å². The van der Waals surface area contributed by atoms with Gasteiger partial charge in [0.05, 0.1) is 5.75 Å². The van der Waals surface area contributed by atoms with Gasteiger partial charge < -0.3 is 5.11 Å². The second-order valence-corrected chi connectivity index (χ2v) is 8.87. The van der Waals surface area contributed by atoms with E-state index in [0.29, 0.717) is 24.7 Å². The minimum absolute atomic E-state index is 0.0671. The highest BCUT2D eigenvalue weighted by Crippen LogP contribution is 2.39. The molecule has 0 spiro atoms. The molecular weight excluding hydrogens is 290 g/mol. The lowest BCUT2D eigenvalue weighted by atomic mass is 9.78. The summed E-state index contributed by atoms with van der Waals surface area (Å²) in [4.78, 5) is 11.5. The van der Waals surface area contributed by atoms with Crippen LogP contribution in [-0.4, -0.2) is 41.6 Å². The molecule has 1 saturated heterocycles. The van der Waals surface area contributed by atoms with Crippen molar-refractivity contribution in [2.24, 2.45) is 11.8 Å². The second kappa shape index (κ2) is 6.65. The number of carboxylic acid groups (broad SMARTS) is 1. The Morgan fingerprint density at radius 1 is 1.19 bits per heavy atom. The Balaban J connectivity index is 2.25. The van der Waals surface area contributed by atoms with Gasteiger partial charge in [0, 0.05) is 6.04 Å². The molecule has 0 aromatic rings. The van der Waals surface area contributed by atoms with E-state index in [9.17, 15) is 18.3 Å². The molecule has 5 nitrogen and oxygen atoms in total. The first-order valence-electron chi connectivity index (χ1n) is 8.07. The Hall–Kier alpha value is -0.620. The summed E-state index contributed by atoms with van der Waals surface area (Å²) in [7, 11) is -3.49. The summed E-state index contributed by atoms with van der Waals surface area (Å²) in [6.07, 6.45) is 5.88. The van der Waals surface area contributed by atoms with E-state index in [1.54, 1.807) is 0 Å². The third-order valence-corrected chi connectivity index (χ3v) is 6.79. The SMILES string of the molecule is CC(C)CCS(=O)(=O)N1C(C(=O)O)CCC2CCCCC21. The molecule has 1 N–H and O–H groups in total. The van der Waals surface area contributed by atoms with Crippen LogP contribution in [0.2, 0.25) is 0 Å². The molecule has 6 heteroatoms. The van der Waals surface area contributed by atoms with Crippen LogP contribution in [0, 0.1) is 11.8 Å². The van der Waals surface area contributed by atoms with E-state index in [-0.39, 0.29) is 11.8 Å². The van der Waals surface area contributed by atoms with E-state index in [0.717, 1.165) is 32.1 Å². The van der Waals surface area contributed by atoms with Crippen molar-refractivity contribution in [3.8, 4) is 0 Å². The standard InChI is InChI=1S/C15H27NO4S/c1-11(2)9-10-21(19,20)16-13-6-4-3-5-12(13)7-8-14(16)15(17)18/h11-14H,3-10H2,1-2H3,(H,17,18). The highest BCUT2D eigenvalue weighted by Gasteiger charge is 2.46. The van der Waals surface area contributed by atoms with E-state index < -0.39 is 22.0 Å². The van der Waals surface area contributed by atoms with Crippen LogP contribution >= 0.6 is 0 Å². The van der Waals surface area contributed by atoms with Crippen LogP contribution in [0.15, 0.2) is 0 Å². The molecule has 1 aliphatic carbocycles. The van der Waals surface area contributed by atoms with Gasteiger partial charge in [0.25, 0.3) is 0 Å². The van der Waals surface area contributed by atoms with Crippen LogP contribution in [-0.2, 0) is 14.8 Å². The number of hydrogen-bond acceptors (Lipinski definition) is 3. The number of piperidine rings is 1. The minimum Gasteiger partial charge on any atom is -0.480 e. The number of rotatable bonds is 5. The van der Waals surface area contributed by atoms with Gasteiger partial charge in [0.1, 0.15) is 6.04 Å². The van der Waals surface area contributed by atoms with Crippen LogP contribution in [0.25, 0.3) is 0 Å². The Morgan fingerprint density at radius 3 is 2.48 bits per heavy atom. The van der Waals surface area contributed by atoms with Gasteiger partial charge >= 0.3 is 5.97 Å². The maximum absolute atomic E-state index is 12.7. The van der Waals surface area contributed by atoms with Crippen LogP contribution in [0.5, 0.6) is 0 Å². The first-order valence-corrected chi connectivity index (χ1v) is 9.68. The Morgan fingerprint density at radius 2 is 1.86 bits per heavy atom. The molecule has 3 atom stereocenters. The number of hydrogen-bond donors (Lipinski definition) is 1. The van der Waals surface area contributed by atoms with Crippen molar-refractivity contribution in [2.45, 2.75) is 70.9 Å². The van der Waals surface area contributed by atoms with E-state index in [2.05, 4.69) is 0 Å². The van der Waals surface area contributed by atoms with E-state index in [1.165, 1.54) is 4.31 Å². The summed E-state index contributed by atoms with van der Waals surface area (Å²) < 4.78 is 26.8. The molecule has 0 bridgehead atoms. The van der Waals surface area contributed by atoms with Crippen molar-refractivity contribution in [1.29, 1.82) is 0 Å². The zero-order valence-corrected chi connectivity index (χ0v) is 13.8. The van der Waals surface area contributed by atoms with Gasteiger partial charge in [-0.25, -0.2) is 8.42 Å². The monoisotopic (exact) mass is 317 g/mol. The number of carboxylic acids is 1. The maximum Gasteiger partial charge on any atom is 0.322 e. The van der Waals surface area contributed by atoms with Crippen molar-refractivity contribution in [1.82, 2.24) is 4.31 Å². The van der Waals surface area contributed by atoms with Gasteiger partial charge in [-0.05, 0) is 43.9 Å². The molecule has 0 aromatic carbocycles. The molecule has 0 aromatic heterocycles. The van der Waals surface area contributed by atoms with Gasteiger partial charge in [-0.2, -0.15) is 4.31 Å². The number of nitrogens with zero attached hydrogens (tertiary/aromatic N) is 1. The summed E-state index contributed by atoms with van der Waals surface area (Å²) in [6, 6.07) is -0.952. The first kappa shape index (κ1) is 16.7. The average molecular weight is 317 g/mol. The normalized spacial score (nSPS) is 31.1. The Labute approximate surface area is 127 Å². The third-order valence-electron chi connectivity index (χ3n) is 4.87. The number of aliphatic carboxylic acids is 1. The highest BCUT2D eigenvalue weighted by molar-refractivity contribution is 7.89. The first-order chi connectivity index (χ1) is 9.83. The molecule has 0 radical (unpaired) electrons. The molecule has 1 heterocycles. The largest absolute Gasteiger partial charge is 0.480 e. The van der Waals surface area contributed by atoms with Crippen molar-refractivity contribution < 1.29 is 18.3 Å². The molecule has 21 heavy (non-hydrogen) atoms. The Kier molecular flexibility index (Phi) is 5.30. The fourth-order valence-electron chi connectivity index (χ4n) is 3.71. The average Bonchev–Trinajstić information content (AvgIpc) is 2.43. The van der Waals surface area contributed by atoms with Crippen LogP contribution in [0.1, 0.15) is 58.8 Å². The lowest BCUT2D eigenvalue weighted by Gasteiger charge is -2.46. The fourth-order valence-corrected chi connectivity index (χ4v) is 5.97. The molecule has 1 aliphatic heterocycles. The molecule has 3 unspecified atom stereocenters. The van der Waals surface area contributed by atoms with E-state index >= 15 is 0 Å². The molecule has 122 valence electrons. The zero-order chi connectivity index (χ0) is 15.6. The summed E-state index contributed by atoms with van der Waals surface area (Å²) in [5, 5.41) is 9.43. The van der Waals surface area contributed by atoms with Crippen LogP contribution in [0.4, 0.5) is 0 Å². The van der Waals surface area contributed by atoms with Crippen molar-refractivity contribution in [3.05, 3.63) is 0 Å². The van der Waals surface area contributed by atoms with Crippen molar-refractivity contribution >= 4 is 16.0 Å². The molecular formula is C15H27NO4S. The summed E-state index contributed by atoms with van der Waals surface area (Å²) >= 11 is 0. The number of fused-ring (bicyclic) bond motifs is 1. The predicted molar refractivity (Wildman–Crippen MR) is 81.5 cm³/mol. The maximum atomic E-state index is 12.7. The number of carbonyl (C=O) groups is 1. The lowest BCUT2D eigenvalue weighted by Crippen LogP contribution is -2.57. The van der Waals surface area contributed by atoms with Gasteiger partial charge in [0.15, 0.2) is 0 Å². The van der Waals surface area contributed by atoms with Gasteiger partial charge in [-0.15, -0.1) is 0 Å². The van der Waals surface area contributed by atoms with Gasteiger partial charge in [-0.1, -0.05) is 26.7 Å². The third kappa shape index (κ3) is 3.77. The topological polar surface area (TPSA) is 74.7 Å². The fraction of sp³-hybridized carbons (Fsp3) is 0.933. The summed E-state index contributed by atoms with van der Waals surface area (Å²) in [5.41, 5.74) is 0. The predicted octanol–water partition coefficient (Wildman–Crippen LogP) is 2.47. The Bertz CT molecular complexity index is 474. The summed E-state index contributed by atoms with van der Waals surface area (Å²) in [5.74, 6) is -0.275. The van der Waals surface area contributed by atoms with E-state index in [4.69, 9.17) is 0 Å². The van der Waals surface area contributed by atoms with Gasteiger partial charge in [-0.3, -0.25) is 4.79 Å². The van der Waals surface area contributed by atoms with E-state index in [1.807, 2.05) is 13.8 Å². The molecule has 1 saturated carbocycles.